The number of rotatable bonds is 6. The molecule has 0 aromatic rings. The van der Waals surface area contributed by atoms with Crippen LogP contribution >= 0.6 is 0 Å². The van der Waals surface area contributed by atoms with E-state index in [2.05, 4.69) is 4.99 Å². The number of carbonyl (C=O) groups excluding carboxylic acids is 1. The first-order valence-corrected chi connectivity index (χ1v) is 4.86. The van der Waals surface area contributed by atoms with Crippen molar-refractivity contribution in [2.75, 3.05) is 6.54 Å². The van der Waals surface area contributed by atoms with Crippen molar-refractivity contribution in [3.8, 4) is 0 Å². The molecule has 0 saturated heterocycles. The molecule has 1 atom stereocenters. The Bertz CT molecular complexity index is 209. The van der Waals surface area contributed by atoms with Crippen LogP contribution in [0.15, 0.2) is 0 Å². The molecule has 5 heteroatoms. The van der Waals surface area contributed by atoms with Gasteiger partial charge in [-0.15, -0.1) is 0 Å². The van der Waals surface area contributed by atoms with Gasteiger partial charge in [0.05, 0.1) is 12.6 Å². The summed E-state index contributed by atoms with van der Waals surface area (Å²) in [4.78, 5) is 14.1. The molecule has 0 radical (unpaired) electrons. The highest BCUT2D eigenvalue weighted by Gasteiger charge is 2.15. The number of hydrogen-bond acceptors (Lipinski definition) is 2. The zero-order valence-corrected chi connectivity index (χ0v) is 8.92. The van der Waals surface area contributed by atoms with E-state index in [0.717, 1.165) is 6.42 Å². The first kappa shape index (κ1) is 12.9. The van der Waals surface area contributed by atoms with Crippen molar-refractivity contribution in [3.05, 3.63) is 0 Å². The lowest BCUT2D eigenvalue weighted by Gasteiger charge is -2.11. The Morgan fingerprint density at radius 3 is 2.36 bits per heavy atom. The van der Waals surface area contributed by atoms with Gasteiger partial charge in [-0.2, -0.15) is 0 Å². The monoisotopic (exact) mass is 201 g/mol. The fraction of sp³-hybridized carbons (Fsp3) is 0.778. The van der Waals surface area contributed by atoms with Crippen molar-refractivity contribution < 1.29 is 9.79 Å². The number of ketones is 1. The van der Waals surface area contributed by atoms with Gasteiger partial charge in [-0.05, 0) is 12.8 Å². The Morgan fingerprint density at radius 2 is 1.93 bits per heavy atom. The van der Waals surface area contributed by atoms with Gasteiger partial charge in [0, 0.05) is 5.92 Å². The molecule has 1 unspecified atom stereocenters. The predicted octanol–water partition coefficient (Wildman–Crippen LogP) is -2.33. The van der Waals surface area contributed by atoms with Crippen LogP contribution in [0.4, 0.5) is 0 Å². The van der Waals surface area contributed by atoms with Crippen LogP contribution in [-0.2, 0) is 4.79 Å². The van der Waals surface area contributed by atoms with E-state index in [9.17, 15) is 4.79 Å². The third-order valence-corrected chi connectivity index (χ3v) is 1.96. The Hall–Kier alpha value is -1.10. The molecule has 0 aromatic heterocycles. The van der Waals surface area contributed by atoms with E-state index in [1.54, 1.807) is 0 Å². The van der Waals surface area contributed by atoms with Gasteiger partial charge >= 0.3 is 5.96 Å². The molecule has 0 spiro atoms. The number of guanidine groups is 1. The Labute approximate surface area is 84.7 Å². The maximum absolute atomic E-state index is 11.4. The topological polar surface area (TPSA) is 109 Å². The smallest absolute Gasteiger partial charge is 0.321 e. The second kappa shape index (κ2) is 6.37. The van der Waals surface area contributed by atoms with Crippen molar-refractivity contribution in [3.63, 3.8) is 0 Å². The molecule has 5 nitrogen and oxygen atoms in total. The molecule has 0 aromatic carbocycles. The Morgan fingerprint density at radius 1 is 1.36 bits per heavy atom. The summed E-state index contributed by atoms with van der Waals surface area (Å²) in [7, 11) is 0. The fourth-order valence-electron chi connectivity index (χ4n) is 1.13. The predicted molar refractivity (Wildman–Crippen MR) is 56.3 cm³/mol. The van der Waals surface area contributed by atoms with Crippen LogP contribution in [0.25, 0.3) is 0 Å². The van der Waals surface area contributed by atoms with Gasteiger partial charge in [-0.1, -0.05) is 13.8 Å². The average Bonchev–Trinajstić information content (AvgIpc) is 2.10. The van der Waals surface area contributed by atoms with Crippen LogP contribution in [0, 0.1) is 5.92 Å². The van der Waals surface area contributed by atoms with E-state index in [1.807, 2.05) is 13.8 Å². The normalized spacial score (nSPS) is 12.6. The van der Waals surface area contributed by atoms with Crippen LogP contribution in [0.2, 0.25) is 0 Å². The molecule has 0 aliphatic heterocycles. The summed E-state index contributed by atoms with van der Waals surface area (Å²) in [6.45, 7) is 4.36. The third kappa shape index (κ3) is 5.53. The molecule has 82 valence electrons. The summed E-state index contributed by atoms with van der Waals surface area (Å²) in [5.41, 5.74) is 16.1. The van der Waals surface area contributed by atoms with Crippen molar-refractivity contribution in [1.29, 1.82) is 0 Å². The Balaban J connectivity index is 3.69. The van der Waals surface area contributed by atoms with Crippen LogP contribution in [0.3, 0.4) is 0 Å². The number of nitrogens with one attached hydrogen (secondary N) is 1. The second-order valence-corrected chi connectivity index (χ2v) is 3.69. The minimum Gasteiger partial charge on any atom is -0.321 e. The van der Waals surface area contributed by atoms with E-state index in [0.29, 0.717) is 13.0 Å². The molecule has 0 rings (SSSR count). The number of Topliss-reactive ketones (excluding diaryl/α,β-unsaturated/α-hetero) is 1. The first-order chi connectivity index (χ1) is 6.45. The summed E-state index contributed by atoms with van der Waals surface area (Å²) in [5.74, 6) is 0.313. The minimum absolute atomic E-state index is 0.00380. The average molecular weight is 201 g/mol. The summed E-state index contributed by atoms with van der Waals surface area (Å²) in [5, 5.41) is 0. The molecule has 7 N–H and O–H groups in total. The van der Waals surface area contributed by atoms with Gasteiger partial charge in [-0.25, -0.2) is 0 Å². The van der Waals surface area contributed by atoms with Gasteiger partial charge in [-0.3, -0.25) is 21.3 Å². The second-order valence-electron chi connectivity index (χ2n) is 3.69. The van der Waals surface area contributed by atoms with Crippen LogP contribution in [-0.4, -0.2) is 24.3 Å². The molecule has 0 aliphatic rings. The largest absolute Gasteiger partial charge is 0.338 e. The maximum atomic E-state index is 11.4. The molecule has 0 heterocycles. The zero-order chi connectivity index (χ0) is 11.1. The number of nitrogens with two attached hydrogens (primary N) is 3. The van der Waals surface area contributed by atoms with E-state index in [1.165, 1.54) is 0 Å². The van der Waals surface area contributed by atoms with E-state index in [4.69, 9.17) is 17.2 Å². The van der Waals surface area contributed by atoms with E-state index < -0.39 is 0 Å². The highest BCUT2D eigenvalue weighted by Crippen LogP contribution is 2.02. The highest BCUT2D eigenvalue weighted by molar-refractivity contribution is 5.85. The lowest BCUT2D eigenvalue weighted by Crippen LogP contribution is -2.78. The van der Waals surface area contributed by atoms with Gasteiger partial charge in [0.25, 0.3) is 0 Å². The molecule has 0 bridgehead atoms. The molecular weight excluding hydrogens is 180 g/mol. The van der Waals surface area contributed by atoms with Crippen LogP contribution in [0.1, 0.15) is 26.7 Å². The standard InChI is InChI=1S/C9H20N4O/c1-6(2)8(14)7(10)4-3-5-13-9(11)12/h6-7H,3-5,10H2,1-2H3,(H4,11,12,13)/p+1. The van der Waals surface area contributed by atoms with Gasteiger partial charge in [0.2, 0.25) is 0 Å². The summed E-state index contributed by atoms with van der Waals surface area (Å²) in [6, 6.07) is -0.365. The lowest BCUT2D eigenvalue weighted by atomic mass is 9.99. The summed E-state index contributed by atoms with van der Waals surface area (Å²) < 4.78 is 0. The molecular formula is C9H21N4O+. The van der Waals surface area contributed by atoms with Crippen molar-refractivity contribution in [2.45, 2.75) is 32.7 Å². The maximum Gasteiger partial charge on any atom is 0.338 e. The molecule has 0 amide bonds. The van der Waals surface area contributed by atoms with Gasteiger partial charge in [0.15, 0.2) is 5.78 Å². The van der Waals surface area contributed by atoms with Crippen molar-refractivity contribution >= 4 is 11.7 Å². The quantitative estimate of drug-likeness (QED) is 0.219. The Kier molecular flexibility index (Phi) is 5.87. The zero-order valence-electron chi connectivity index (χ0n) is 8.92. The molecule has 14 heavy (non-hydrogen) atoms. The SMILES string of the molecule is CC(C)C(=O)C(N)CCC[NH+]=C(N)N. The lowest BCUT2D eigenvalue weighted by molar-refractivity contribution is -0.459. The first-order valence-electron chi connectivity index (χ1n) is 4.86. The van der Waals surface area contributed by atoms with Crippen LogP contribution in [0.5, 0.6) is 0 Å². The highest BCUT2D eigenvalue weighted by atomic mass is 16.1. The van der Waals surface area contributed by atoms with E-state index >= 15 is 0 Å². The summed E-state index contributed by atoms with van der Waals surface area (Å²) >= 11 is 0. The number of hydrogen-bond donors (Lipinski definition) is 4. The van der Waals surface area contributed by atoms with Crippen molar-refractivity contribution in [1.82, 2.24) is 0 Å². The molecule has 0 saturated carbocycles. The van der Waals surface area contributed by atoms with Gasteiger partial charge < -0.3 is 5.73 Å². The minimum atomic E-state index is -0.365. The van der Waals surface area contributed by atoms with Gasteiger partial charge in [0.1, 0.15) is 0 Å². The fourth-order valence-corrected chi connectivity index (χ4v) is 1.13. The number of carbonyl (C=O) groups is 1. The molecule has 0 aliphatic carbocycles. The van der Waals surface area contributed by atoms with Crippen LogP contribution < -0.4 is 22.2 Å². The molecule has 0 fully saturated rings. The van der Waals surface area contributed by atoms with Crippen molar-refractivity contribution in [2.24, 2.45) is 23.1 Å². The summed E-state index contributed by atoms with van der Waals surface area (Å²) in [6.07, 6.45) is 1.45. The van der Waals surface area contributed by atoms with E-state index in [-0.39, 0.29) is 23.7 Å². The third-order valence-electron chi connectivity index (χ3n) is 1.96.